The molecule has 1 aliphatic carbocycles. The van der Waals surface area contributed by atoms with Crippen LogP contribution in [0, 0.1) is 6.92 Å². The van der Waals surface area contributed by atoms with Crippen molar-refractivity contribution in [1.82, 2.24) is 24.3 Å². The third-order valence-electron chi connectivity index (χ3n) is 9.48. The molecular weight excluding hydrogens is 498 g/mol. The lowest BCUT2D eigenvalue weighted by Crippen LogP contribution is -2.44. The van der Waals surface area contributed by atoms with Crippen LogP contribution in [0.15, 0.2) is 36.7 Å². The van der Waals surface area contributed by atoms with E-state index in [1.165, 1.54) is 36.2 Å². The van der Waals surface area contributed by atoms with E-state index >= 15 is 0 Å². The summed E-state index contributed by atoms with van der Waals surface area (Å²) in [5.74, 6) is 0.835. The lowest BCUT2D eigenvalue weighted by atomic mass is 9.93. The maximum Gasteiger partial charge on any atom is 0.192 e. The van der Waals surface area contributed by atoms with Crippen LogP contribution in [0.3, 0.4) is 0 Å². The Labute approximate surface area is 236 Å². The molecule has 2 aliphatic rings. The molecule has 0 spiro atoms. The summed E-state index contributed by atoms with van der Waals surface area (Å²) < 4.78 is 9.23. The second-order valence-corrected chi connectivity index (χ2v) is 18.3. The highest BCUT2D eigenvalue weighted by atomic mass is 28.4. The Hall–Kier alpha value is -2.06. The van der Waals surface area contributed by atoms with Crippen molar-refractivity contribution in [2.75, 3.05) is 33.2 Å². The van der Waals surface area contributed by atoms with Crippen molar-refractivity contribution in [2.24, 2.45) is 0 Å². The van der Waals surface area contributed by atoms with E-state index in [1.807, 2.05) is 13.1 Å². The van der Waals surface area contributed by atoms with Crippen LogP contribution in [0.4, 0.5) is 0 Å². The summed E-state index contributed by atoms with van der Waals surface area (Å²) in [7, 11) is 0.489. The van der Waals surface area contributed by atoms with Gasteiger partial charge in [0.25, 0.3) is 0 Å². The average molecular weight is 548 g/mol. The monoisotopic (exact) mass is 547 g/mol. The van der Waals surface area contributed by atoms with Crippen LogP contribution in [-0.2, 0) is 11.0 Å². The molecule has 3 heterocycles. The number of hydrogen-bond donors (Lipinski definition) is 0. The fourth-order valence-corrected chi connectivity index (χ4v) is 7.39. The van der Waals surface area contributed by atoms with Crippen molar-refractivity contribution in [3.05, 3.63) is 48.0 Å². The number of rotatable bonds is 6. The lowest BCUT2D eigenvalue weighted by molar-refractivity contribution is 0.119. The predicted molar refractivity (Wildman–Crippen MR) is 165 cm³/mol. The number of likely N-dealkylation sites (N-methyl/N-ethyl adjacent to an activating group) is 1. The van der Waals surface area contributed by atoms with Crippen molar-refractivity contribution < 1.29 is 4.43 Å². The Morgan fingerprint density at radius 1 is 0.974 bits per heavy atom. The van der Waals surface area contributed by atoms with Crippen molar-refractivity contribution in [2.45, 2.75) is 96.6 Å². The Morgan fingerprint density at radius 2 is 1.69 bits per heavy atom. The van der Waals surface area contributed by atoms with Gasteiger partial charge in [-0.15, -0.1) is 0 Å². The van der Waals surface area contributed by atoms with E-state index in [9.17, 15) is 0 Å². The first-order valence-electron chi connectivity index (χ1n) is 15.0. The summed E-state index contributed by atoms with van der Waals surface area (Å²) in [5.41, 5.74) is 4.95. The normalized spacial score (nSPS) is 22.3. The van der Waals surface area contributed by atoms with Gasteiger partial charge in [0.15, 0.2) is 8.32 Å². The number of nitrogens with zero attached hydrogens (tertiary/aromatic N) is 5. The molecule has 0 radical (unpaired) electrons. The van der Waals surface area contributed by atoms with E-state index in [4.69, 9.17) is 9.41 Å². The molecular formula is C32H49N5OSi. The molecule has 2 fully saturated rings. The molecule has 212 valence electrons. The Bertz CT molecular complexity index is 1250. The molecule has 0 bridgehead atoms. The van der Waals surface area contributed by atoms with E-state index in [-0.39, 0.29) is 5.04 Å². The minimum absolute atomic E-state index is 0.253. The van der Waals surface area contributed by atoms with Gasteiger partial charge in [0.1, 0.15) is 11.5 Å². The van der Waals surface area contributed by atoms with E-state index in [0.29, 0.717) is 12.1 Å². The number of benzene rings is 1. The zero-order valence-electron chi connectivity index (χ0n) is 25.3. The van der Waals surface area contributed by atoms with Gasteiger partial charge >= 0.3 is 0 Å². The first-order valence-corrected chi connectivity index (χ1v) is 17.9. The summed E-state index contributed by atoms with van der Waals surface area (Å²) >= 11 is 0. The molecule has 1 saturated carbocycles. The van der Waals surface area contributed by atoms with E-state index in [0.717, 1.165) is 62.2 Å². The summed E-state index contributed by atoms with van der Waals surface area (Å²) in [6, 6.07) is 9.66. The van der Waals surface area contributed by atoms with E-state index in [1.54, 1.807) is 0 Å². The van der Waals surface area contributed by atoms with Gasteiger partial charge in [-0.3, -0.25) is 4.90 Å². The number of aryl methyl sites for hydroxylation is 1. The molecule has 2 aromatic heterocycles. The predicted octanol–water partition coefficient (Wildman–Crippen LogP) is 7.05. The van der Waals surface area contributed by atoms with Crippen molar-refractivity contribution >= 4 is 19.4 Å². The molecule has 7 heteroatoms. The summed E-state index contributed by atoms with van der Waals surface area (Å²) in [6.07, 6.45) is 10.5. The molecule has 0 N–H and O–H groups in total. The van der Waals surface area contributed by atoms with Gasteiger partial charge in [-0.1, -0.05) is 45.0 Å². The molecule has 0 unspecified atom stereocenters. The van der Waals surface area contributed by atoms with Gasteiger partial charge in [-0.2, -0.15) is 0 Å². The highest BCUT2D eigenvalue weighted by Crippen LogP contribution is 2.41. The van der Waals surface area contributed by atoms with Crippen LogP contribution in [0.2, 0.25) is 18.1 Å². The van der Waals surface area contributed by atoms with Gasteiger partial charge < -0.3 is 13.9 Å². The highest BCUT2D eigenvalue weighted by Gasteiger charge is 2.40. The van der Waals surface area contributed by atoms with Gasteiger partial charge in [0, 0.05) is 55.1 Å². The highest BCUT2D eigenvalue weighted by molar-refractivity contribution is 6.74. The van der Waals surface area contributed by atoms with Gasteiger partial charge in [-0.05, 0) is 88.4 Å². The third kappa shape index (κ3) is 6.48. The van der Waals surface area contributed by atoms with Crippen molar-refractivity contribution in [1.29, 1.82) is 0 Å². The van der Waals surface area contributed by atoms with Crippen LogP contribution in [0.25, 0.3) is 22.2 Å². The molecule has 0 atom stereocenters. The average Bonchev–Trinajstić information content (AvgIpc) is 3.13. The number of aromatic nitrogens is 3. The van der Waals surface area contributed by atoms with Crippen molar-refractivity contribution in [3.63, 3.8) is 0 Å². The zero-order valence-corrected chi connectivity index (χ0v) is 26.3. The van der Waals surface area contributed by atoms with Crippen LogP contribution in [-0.4, -0.2) is 72.0 Å². The molecule has 39 heavy (non-hydrogen) atoms. The van der Waals surface area contributed by atoms with Crippen LogP contribution < -0.4 is 0 Å². The smallest absolute Gasteiger partial charge is 0.192 e. The Balaban J connectivity index is 1.33. The summed E-state index contributed by atoms with van der Waals surface area (Å²) in [5, 5.41) is 1.41. The van der Waals surface area contributed by atoms with Gasteiger partial charge in [0.05, 0.1) is 0 Å². The topological polar surface area (TPSA) is 46.4 Å². The third-order valence-corrected chi connectivity index (χ3v) is 14.0. The van der Waals surface area contributed by atoms with Gasteiger partial charge in [0.2, 0.25) is 0 Å². The molecule has 1 saturated heterocycles. The zero-order chi connectivity index (χ0) is 27.8. The first-order chi connectivity index (χ1) is 18.5. The maximum atomic E-state index is 6.78. The quantitative estimate of drug-likeness (QED) is 0.310. The molecule has 3 aromatic rings. The minimum atomic E-state index is -1.74. The second-order valence-electron chi connectivity index (χ2n) is 13.5. The van der Waals surface area contributed by atoms with Crippen LogP contribution in [0.1, 0.15) is 70.3 Å². The summed E-state index contributed by atoms with van der Waals surface area (Å²) in [6.45, 7) is 19.5. The van der Waals surface area contributed by atoms with E-state index < -0.39 is 8.32 Å². The summed E-state index contributed by atoms with van der Waals surface area (Å²) in [4.78, 5) is 14.6. The lowest BCUT2D eigenvalue weighted by Gasteiger charge is -2.41. The standard InChI is InChI=1S/C32H49N5OSi/c1-24-33-21-29-30(26-11-9-25(10-12-26)22-36-18-8-17-35(5)19-20-36)23-37(31(29)34-24)27-13-15-28(16-14-27)38-39(6,7)32(2,3)4/h9-12,21,23,27-28H,8,13-20,22H2,1-7H3. The molecule has 6 nitrogen and oxygen atoms in total. The molecule has 5 rings (SSSR count). The molecule has 0 amide bonds. The number of fused-ring (bicyclic) bond motifs is 1. The van der Waals surface area contributed by atoms with Crippen LogP contribution in [0.5, 0.6) is 0 Å². The number of hydrogen-bond acceptors (Lipinski definition) is 5. The molecule has 1 aromatic carbocycles. The van der Waals surface area contributed by atoms with E-state index in [2.05, 4.69) is 90.7 Å². The SMILES string of the molecule is Cc1ncc2c(-c3ccc(CN4CCCN(C)CC4)cc3)cn(C3CCC(O[Si](C)(C)C(C)(C)C)CC3)c2n1. The Kier molecular flexibility index (Phi) is 8.35. The van der Waals surface area contributed by atoms with Gasteiger partial charge in [-0.25, -0.2) is 9.97 Å². The first kappa shape index (κ1) is 28.5. The largest absolute Gasteiger partial charge is 0.414 e. The second kappa shape index (κ2) is 11.4. The minimum Gasteiger partial charge on any atom is -0.414 e. The maximum absolute atomic E-state index is 6.78. The van der Waals surface area contributed by atoms with Crippen molar-refractivity contribution in [3.8, 4) is 11.1 Å². The Morgan fingerprint density at radius 3 is 2.38 bits per heavy atom. The molecule has 1 aliphatic heterocycles. The fourth-order valence-electron chi connectivity index (χ4n) is 5.96. The fraction of sp³-hybridized carbons (Fsp3) is 0.625. The van der Waals surface area contributed by atoms with Crippen LogP contribution >= 0.6 is 0 Å².